The molecule has 4 rings (SSSR count). The molecule has 2 aromatic heterocycles. The van der Waals surface area contributed by atoms with Gasteiger partial charge in [0.1, 0.15) is 6.04 Å². The van der Waals surface area contributed by atoms with Crippen molar-refractivity contribution in [2.45, 2.75) is 51.9 Å². The molecule has 9 nitrogen and oxygen atoms in total. The summed E-state index contributed by atoms with van der Waals surface area (Å²) in [5.41, 5.74) is -0.0248. The molecule has 1 amide bonds. The average molecular weight is 461 g/mol. The monoisotopic (exact) mass is 461 g/mol. The van der Waals surface area contributed by atoms with Gasteiger partial charge in [-0.1, -0.05) is 6.07 Å². The number of rotatable bonds is 5. The Hall–Kier alpha value is -3.57. The predicted molar refractivity (Wildman–Crippen MR) is 109 cm³/mol. The van der Waals surface area contributed by atoms with E-state index in [4.69, 9.17) is 4.42 Å². The van der Waals surface area contributed by atoms with Crippen LogP contribution in [-0.4, -0.2) is 47.8 Å². The summed E-state index contributed by atoms with van der Waals surface area (Å²) in [5.74, 6) is 0.930. The third-order valence-electron chi connectivity index (χ3n) is 5.35. The molecule has 0 N–H and O–H groups in total. The van der Waals surface area contributed by atoms with Crippen LogP contribution < -0.4 is 0 Å². The van der Waals surface area contributed by atoms with Crippen molar-refractivity contribution in [3.8, 4) is 0 Å². The van der Waals surface area contributed by atoms with Gasteiger partial charge in [0, 0.05) is 19.5 Å². The molecule has 3 aromatic rings. The SMILES string of the molecule is Cc1nnn(Cc2cc(C(F)(F)F)ccc2C=CC(=O)N2CCCCC2c2nnc(C)o2)n1. The Morgan fingerprint density at radius 2 is 2.03 bits per heavy atom. The summed E-state index contributed by atoms with van der Waals surface area (Å²) in [4.78, 5) is 15.9. The van der Waals surface area contributed by atoms with E-state index in [9.17, 15) is 18.0 Å². The van der Waals surface area contributed by atoms with Crippen molar-refractivity contribution in [3.05, 3.63) is 58.6 Å². The Labute approximate surface area is 187 Å². The molecule has 3 heterocycles. The predicted octanol–water partition coefficient (Wildman–Crippen LogP) is 3.51. The van der Waals surface area contributed by atoms with Gasteiger partial charge in [-0.25, -0.2) is 0 Å². The van der Waals surface area contributed by atoms with Crippen LogP contribution in [-0.2, 0) is 17.5 Å². The molecule has 0 spiro atoms. The molecular formula is C21H22F3N7O2. The highest BCUT2D eigenvalue weighted by molar-refractivity contribution is 5.92. The number of aromatic nitrogens is 6. The molecule has 1 aromatic carbocycles. The first-order valence-corrected chi connectivity index (χ1v) is 10.4. The minimum atomic E-state index is -4.50. The number of carbonyl (C=O) groups is 1. The summed E-state index contributed by atoms with van der Waals surface area (Å²) in [6, 6.07) is 3.03. The quantitative estimate of drug-likeness (QED) is 0.536. The summed E-state index contributed by atoms with van der Waals surface area (Å²) in [6.07, 6.45) is 0.824. The Morgan fingerprint density at radius 1 is 1.21 bits per heavy atom. The van der Waals surface area contributed by atoms with E-state index in [0.29, 0.717) is 41.7 Å². The van der Waals surface area contributed by atoms with Crippen LogP contribution in [0.2, 0.25) is 0 Å². The van der Waals surface area contributed by atoms with Crippen LogP contribution in [0.1, 0.15) is 59.6 Å². The van der Waals surface area contributed by atoms with E-state index < -0.39 is 11.7 Å². The van der Waals surface area contributed by atoms with Crippen LogP contribution in [0.4, 0.5) is 13.2 Å². The van der Waals surface area contributed by atoms with E-state index in [1.807, 2.05) is 0 Å². The minimum Gasteiger partial charge on any atom is -0.423 e. The zero-order valence-corrected chi connectivity index (χ0v) is 18.1. The summed E-state index contributed by atoms with van der Waals surface area (Å²) in [5, 5.41) is 19.5. The first-order chi connectivity index (χ1) is 15.7. The smallest absolute Gasteiger partial charge is 0.416 e. The van der Waals surface area contributed by atoms with Crippen LogP contribution in [0.25, 0.3) is 6.08 Å². The number of nitrogens with zero attached hydrogens (tertiary/aromatic N) is 7. The van der Waals surface area contributed by atoms with Crippen molar-refractivity contribution in [1.82, 2.24) is 35.3 Å². The van der Waals surface area contributed by atoms with Gasteiger partial charge in [0.25, 0.3) is 0 Å². The highest BCUT2D eigenvalue weighted by Gasteiger charge is 2.32. The van der Waals surface area contributed by atoms with Crippen LogP contribution in [0, 0.1) is 13.8 Å². The summed E-state index contributed by atoms with van der Waals surface area (Å²) in [7, 11) is 0. The van der Waals surface area contributed by atoms with Crippen LogP contribution in [0.5, 0.6) is 0 Å². The summed E-state index contributed by atoms with van der Waals surface area (Å²) in [6.45, 7) is 3.82. The van der Waals surface area contributed by atoms with Gasteiger partial charge in [0.15, 0.2) is 5.82 Å². The van der Waals surface area contributed by atoms with E-state index in [1.165, 1.54) is 23.0 Å². The highest BCUT2D eigenvalue weighted by atomic mass is 19.4. The Bertz CT molecular complexity index is 1170. The number of hydrogen-bond donors (Lipinski definition) is 0. The molecule has 33 heavy (non-hydrogen) atoms. The van der Waals surface area contributed by atoms with Gasteiger partial charge < -0.3 is 9.32 Å². The molecule has 174 valence electrons. The Kier molecular flexibility index (Phi) is 6.25. The van der Waals surface area contributed by atoms with Gasteiger partial charge in [-0.3, -0.25) is 4.79 Å². The van der Waals surface area contributed by atoms with Crippen LogP contribution in [0.15, 0.2) is 28.7 Å². The van der Waals surface area contributed by atoms with Crippen molar-refractivity contribution in [2.75, 3.05) is 6.54 Å². The topological polar surface area (TPSA) is 103 Å². The first kappa shape index (κ1) is 22.6. The fourth-order valence-corrected chi connectivity index (χ4v) is 3.78. The van der Waals surface area contributed by atoms with Gasteiger partial charge in [0.2, 0.25) is 17.7 Å². The van der Waals surface area contributed by atoms with Crippen molar-refractivity contribution in [3.63, 3.8) is 0 Å². The molecule has 12 heteroatoms. The summed E-state index contributed by atoms with van der Waals surface area (Å²) < 4.78 is 45.3. The molecule has 1 aliphatic heterocycles. The first-order valence-electron chi connectivity index (χ1n) is 10.4. The van der Waals surface area contributed by atoms with Crippen LogP contribution in [0.3, 0.4) is 0 Å². The maximum Gasteiger partial charge on any atom is 0.416 e. The molecule has 1 saturated heterocycles. The van der Waals surface area contributed by atoms with Crippen molar-refractivity contribution in [2.24, 2.45) is 0 Å². The lowest BCUT2D eigenvalue weighted by Crippen LogP contribution is -2.37. The second kappa shape index (κ2) is 9.12. The lowest BCUT2D eigenvalue weighted by atomic mass is 10.0. The number of benzene rings is 1. The molecule has 0 saturated carbocycles. The zero-order valence-electron chi connectivity index (χ0n) is 18.1. The minimum absolute atomic E-state index is 0.0216. The second-order valence-corrected chi connectivity index (χ2v) is 7.81. The molecular weight excluding hydrogens is 439 g/mol. The number of carbonyl (C=O) groups excluding carboxylic acids is 1. The van der Waals surface area contributed by atoms with Crippen molar-refractivity contribution in [1.29, 1.82) is 0 Å². The fourth-order valence-electron chi connectivity index (χ4n) is 3.78. The van der Waals surface area contributed by atoms with E-state index in [2.05, 4.69) is 25.6 Å². The lowest BCUT2D eigenvalue weighted by molar-refractivity contribution is -0.137. The average Bonchev–Trinajstić information content (AvgIpc) is 3.39. The standard InChI is InChI=1S/C21H22F3N7O2/c1-13-25-29-31(28-13)12-16-11-17(21(22,23)24)8-6-15(16)7-9-19(32)30-10-4-3-5-18(30)20-27-26-14(2)33-20/h6-9,11,18H,3-5,10,12H2,1-2H3. The maximum atomic E-state index is 13.3. The fraction of sp³-hybridized carbons (Fsp3) is 0.429. The molecule has 0 aliphatic carbocycles. The number of likely N-dealkylation sites (tertiary alicyclic amines) is 1. The number of tetrazole rings is 1. The second-order valence-electron chi connectivity index (χ2n) is 7.81. The van der Waals surface area contributed by atoms with Gasteiger partial charge >= 0.3 is 6.18 Å². The third kappa shape index (κ3) is 5.26. The number of hydrogen-bond acceptors (Lipinski definition) is 7. The number of aryl methyl sites for hydroxylation is 2. The molecule has 0 radical (unpaired) electrons. The van der Waals surface area contributed by atoms with Gasteiger partial charge in [0.05, 0.1) is 12.1 Å². The Balaban J connectivity index is 1.59. The van der Waals surface area contributed by atoms with E-state index in [1.54, 1.807) is 18.7 Å². The molecule has 1 fully saturated rings. The van der Waals surface area contributed by atoms with E-state index >= 15 is 0 Å². The number of amides is 1. The number of alkyl halides is 3. The normalized spacial score (nSPS) is 17.1. The molecule has 1 unspecified atom stereocenters. The molecule has 1 atom stereocenters. The third-order valence-corrected chi connectivity index (χ3v) is 5.35. The van der Waals surface area contributed by atoms with Gasteiger partial charge in [-0.15, -0.1) is 20.4 Å². The van der Waals surface area contributed by atoms with Crippen molar-refractivity contribution < 1.29 is 22.4 Å². The molecule has 0 bridgehead atoms. The van der Waals surface area contributed by atoms with E-state index in [-0.39, 0.29) is 18.5 Å². The van der Waals surface area contributed by atoms with Crippen LogP contribution >= 0.6 is 0 Å². The van der Waals surface area contributed by atoms with E-state index in [0.717, 1.165) is 25.0 Å². The summed E-state index contributed by atoms with van der Waals surface area (Å²) >= 11 is 0. The largest absolute Gasteiger partial charge is 0.423 e. The van der Waals surface area contributed by atoms with Gasteiger partial charge in [-0.2, -0.15) is 18.0 Å². The number of halogens is 3. The van der Waals surface area contributed by atoms with Gasteiger partial charge in [-0.05, 0) is 60.7 Å². The molecule has 1 aliphatic rings. The van der Waals surface area contributed by atoms with Crippen molar-refractivity contribution >= 4 is 12.0 Å². The highest BCUT2D eigenvalue weighted by Crippen LogP contribution is 2.32. The number of piperidine rings is 1. The zero-order chi connectivity index (χ0) is 23.6. The maximum absolute atomic E-state index is 13.3. The lowest BCUT2D eigenvalue weighted by Gasteiger charge is -2.32. The Morgan fingerprint density at radius 3 is 2.70 bits per heavy atom.